The summed E-state index contributed by atoms with van der Waals surface area (Å²) < 4.78 is 14.0. The van der Waals surface area contributed by atoms with E-state index in [-0.39, 0.29) is 18.1 Å². The summed E-state index contributed by atoms with van der Waals surface area (Å²) in [4.78, 5) is 11.3. The van der Waals surface area contributed by atoms with Gasteiger partial charge in [0.2, 0.25) is 6.54 Å². The van der Waals surface area contributed by atoms with Gasteiger partial charge in [0.05, 0.1) is 11.6 Å². The quantitative estimate of drug-likeness (QED) is 0.104. The zero-order chi connectivity index (χ0) is 26.5. The van der Waals surface area contributed by atoms with E-state index in [9.17, 15) is 10.1 Å². The predicted molar refractivity (Wildman–Crippen MR) is 148 cm³/mol. The summed E-state index contributed by atoms with van der Waals surface area (Å²) in [7, 11) is 1.52. The molecule has 1 aromatic heterocycles. The smallest absolute Gasteiger partial charge is 0.220 e. The standard InChI is InChI=1S/C25H21BrCl2N4O4S/c1-15-29-30-25(32(15)20-8-6-18(27)7-9-20)37-23(13-31(33)34)17-11-21(26)24(22(12-17)35-2)36-14-16-4-3-5-19(28)10-16/h3-12,23H,13-14H2,1-2H3/t23-/m0/s1. The molecule has 0 fully saturated rings. The first-order chi connectivity index (χ1) is 17.7. The molecule has 0 amide bonds. The molecule has 4 rings (SSSR count). The molecular formula is C25H21BrCl2N4O4S. The van der Waals surface area contributed by atoms with Gasteiger partial charge in [0.25, 0.3) is 0 Å². The van der Waals surface area contributed by atoms with Crippen LogP contribution in [0.2, 0.25) is 10.0 Å². The van der Waals surface area contributed by atoms with Gasteiger partial charge in [-0.2, -0.15) is 0 Å². The second-order valence-corrected chi connectivity index (χ2v) is 10.8. The Morgan fingerprint density at radius 1 is 1.11 bits per heavy atom. The summed E-state index contributed by atoms with van der Waals surface area (Å²) in [5.41, 5.74) is 2.37. The Balaban J connectivity index is 1.65. The zero-order valence-corrected chi connectivity index (χ0v) is 23.6. The highest BCUT2D eigenvalue weighted by atomic mass is 79.9. The largest absolute Gasteiger partial charge is 0.493 e. The Hall–Kier alpha value is -2.79. The average molecular weight is 624 g/mol. The van der Waals surface area contributed by atoms with Gasteiger partial charge in [-0.1, -0.05) is 47.1 Å². The fraction of sp³-hybridized carbons (Fsp3) is 0.200. The number of thioether (sulfide) groups is 1. The van der Waals surface area contributed by atoms with Crippen LogP contribution in [0.5, 0.6) is 11.5 Å². The molecule has 192 valence electrons. The molecule has 0 aliphatic heterocycles. The van der Waals surface area contributed by atoms with Crippen LogP contribution < -0.4 is 9.47 Å². The van der Waals surface area contributed by atoms with Gasteiger partial charge in [0.15, 0.2) is 16.7 Å². The van der Waals surface area contributed by atoms with Crippen molar-refractivity contribution < 1.29 is 14.4 Å². The molecule has 0 N–H and O–H groups in total. The first-order valence-electron chi connectivity index (χ1n) is 11.0. The van der Waals surface area contributed by atoms with Crippen molar-refractivity contribution in [2.24, 2.45) is 0 Å². The van der Waals surface area contributed by atoms with E-state index >= 15 is 0 Å². The summed E-state index contributed by atoms with van der Waals surface area (Å²) in [5.74, 6) is 1.57. The molecule has 12 heteroatoms. The lowest BCUT2D eigenvalue weighted by Crippen LogP contribution is -2.12. The fourth-order valence-electron chi connectivity index (χ4n) is 3.63. The summed E-state index contributed by atoms with van der Waals surface area (Å²) >= 11 is 16.9. The maximum atomic E-state index is 11.6. The monoisotopic (exact) mass is 622 g/mol. The minimum absolute atomic E-state index is 0.269. The molecule has 37 heavy (non-hydrogen) atoms. The van der Waals surface area contributed by atoms with E-state index < -0.39 is 5.25 Å². The van der Waals surface area contributed by atoms with E-state index in [0.29, 0.717) is 42.6 Å². The van der Waals surface area contributed by atoms with Crippen molar-refractivity contribution in [1.82, 2.24) is 14.8 Å². The number of halogens is 3. The van der Waals surface area contributed by atoms with Gasteiger partial charge in [-0.15, -0.1) is 10.2 Å². The lowest BCUT2D eigenvalue weighted by atomic mass is 10.1. The van der Waals surface area contributed by atoms with Crippen LogP contribution >= 0.6 is 50.9 Å². The average Bonchev–Trinajstić information content (AvgIpc) is 3.22. The van der Waals surface area contributed by atoms with Crippen molar-refractivity contribution in [2.45, 2.75) is 23.9 Å². The maximum absolute atomic E-state index is 11.6. The highest BCUT2D eigenvalue weighted by molar-refractivity contribution is 9.10. The number of nitrogens with zero attached hydrogens (tertiary/aromatic N) is 4. The molecular weight excluding hydrogens is 603 g/mol. The summed E-state index contributed by atoms with van der Waals surface area (Å²) in [6, 6.07) is 18.1. The first-order valence-corrected chi connectivity index (χ1v) is 13.4. The SMILES string of the molecule is COc1cc([C@H](C[N+](=O)[O-])Sc2nnc(C)n2-c2ccc(Cl)cc2)cc(Br)c1OCc1cccc(Cl)c1. The Kier molecular flexibility index (Phi) is 8.96. The van der Waals surface area contributed by atoms with Crippen LogP contribution in [0.15, 0.2) is 70.3 Å². The van der Waals surface area contributed by atoms with Crippen LogP contribution in [0.25, 0.3) is 5.69 Å². The maximum Gasteiger partial charge on any atom is 0.220 e. The van der Waals surface area contributed by atoms with Gasteiger partial charge in [-0.05, 0) is 82.5 Å². The van der Waals surface area contributed by atoms with Crippen molar-refractivity contribution in [3.8, 4) is 17.2 Å². The van der Waals surface area contributed by atoms with Gasteiger partial charge in [0.1, 0.15) is 17.7 Å². The normalized spacial score (nSPS) is 11.8. The Morgan fingerprint density at radius 2 is 1.86 bits per heavy atom. The summed E-state index contributed by atoms with van der Waals surface area (Å²) in [5, 5.41) is 21.2. The third-order valence-electron chi connectivity index (χ3n) is 5.34. The number of nitro groups is 1. The number of aryl methyl sites for hydroxylation is 1. The zero-order valence-electron chi connectivity index (χ0n) is 19.7. The molecule has 0 saturated heterocycles. The van der Waals surface area contributed by atoms with Gasteiger partial charge in [0, 0.05) is 20.7 Å². The van der Waals surface area contributed by atoms with Crippen molar-refractivity contribution in [3.05, 3.63) is 102 Å². The lowest BCUT2D eigenvalue weighted by Gasteiger charge is -2.18. The van der Waals surface area contributed by atoms with Gasteiger partial charge >= 0.3 is 0 Å². The van der Waals surface area contributed by atoms with Crippen molar-refractivity contribution >= 4 is 50.9 Å². The Bertz CT molecular complexity index is 1420. The van der Waals surface area contributed by atoms with Crippen LogP contribution in [0, 0.1) is 17.0 Å². The number of ether oxygens (including phenoxy) is 2. The highest BCUT2D eigenvalue weighted by Crippen LogP contribution is 2.43. The van der Waals surface area contributed by atoms with Crippen LogP contribution in [-0.4, -0.2) is 33.3 Å². The van der Waals surface area contributed by atoms with Crippen molar-refractivity contribution in [3.63, 3.8) is 0 Å². The summed E-state index contributed by atoms with van der Waals surface area (Å²) in [6.07, 6.45) is 0. The number of rotatable bonds is 10. The van der Waals surface area contributed by atoms with Gasteiger partial charge in [-0.25, -0.2) is 0 Å². The molecule has 4 aromatic rings. The third-order valence-corrected chi connectivity index (χ3v) is 7.60. The molecule has 0 bridgehead atoms. The van der Waals surface area contributed by atoms with Crippen LogP contribution in [0.1, 0.15) is 22.2 Å². The molecule has 0 spiro atoms. The fourth-order valence-corrected chi connectivity index (χ4v) is 5.69. The Labute approximate surface area is 236 Å². The molecule has 8 nitrogen and oxygen atoms in total. The van der Waals surface area contributed by atoms with E-state index in [0.717, 1.165) is 11.3 Å². The van der Waals surface area contributed by atoms with Gasteiger partial charge < -0.3 is 9.47 Å². The number of methoxy groups -OCH3 is 1. The van der Waals surface area contributed by atoms with Gasteiger partial charge in [-0.3, -0.25) is 14.7 Å². The molecule has 1 heterocycles. The van der Waals surface area contributed by atoms with E-state index in [1.807, 2.05) is 41.8 Å². The molecule has 0 saturated carbocycles. The molecule has 0 aliphatic carbocycles. The second-order valence-electron chi connectivity index (χ2n) is 7.92. The van der Waals surface area contributed by atoms with Crippen molar-refractivity contribution in [1.29, 1.82) is 0 Å². The number of hydrogen-bond acceptors (Lipinski definition) is 7. The van der Waals surface area contributed by atoms with Crippen LogP contribution in [0.4, 0.5) is 0 Å². The number of hydrogen-bond donors (Lipinski definition) is 0. The predicted octanol–water partition coefficient (Wildman–Crippen LogP) is 7.34. The highest BCUT2D eigenvalue weighted by Gasteiger charge is 2.26. The van der Waals surface area contributed by atoms with Crippen LogP contribution in [-0.2, 0) is 6.61 Å². The van der Waals surface area contributed by atoms with Crippen LogP contribution in [0.3, 0.4) is 0 Å². The van der Waals surface area contributed by atoms with E-state index in [2.05, 4.69) is 26.1 Å². The first kappa shape index (κ1) is 27.3. The molecule has 1 atom stereocenters. The minimum Gasteiger partial charge on any atom is -0.493 e. The van der Waals surface area contributed by atoms with Crippen molar-refractivity contribution in [2.75, 3.05) is 13.7 Å². The Morgan fingerprint density at radius 3 is 2.54 bits per heavy atom. The molecule has 3 aromatic carbocycles. The topological polar surface area (TPSA) is 92.3 Å². The minimum atomic E-state index is -0.586. The number of benzene rings is 3. The second kappa shape index (κ2) is 12.2. The number of aromatic nitrogens is 3. The van der Waals surface area contributed by atoms with E-state index in [1.54, 1.807) is 30.3 Å². The lowest BCUT2D eigenvalue weighted by molar-refractivity contribution is -0.479. The van der Waals surface area contributed by atoms with E-state index in [4.69, 9.17) is 32.7 Å². The molecule has 0 aliphatic rings. The van der Waals surface area contributed by atoms with E-state index in [1.165, 1.54) is 18.9 Å². The molecule has 0 unspecified atom stereocenters. The molecule has 0 radical (unpaired) electrons. The summed E-state index contributed by atoms with van der Waals surface area (Å²) in [6.45, 7) is 1.75. The third kappa shape index (κ3) is 6.75.